The Morgan fingerprint density at radius 2 is 1.82 bits per heavy atom. The van der Waals surface area contributed by atoms with Crippen LogP contribution in [0.1, 0.15) is 17.2 Å². The molecule has 3 N–H and O–H groups in total. The highest BCUT2D eigenvalue weighted by Crippen LogP contribution is 2.30. The zero-order valence-electron chi connectivity index (χ0n) is 8.61. The van der Waals surface area contributed by atoms with E-state index in [0.29, 0.717) is 5.56 Å². The Hall–Kier alpha value is -1.82. The van der Waals surface area contributed by atoms with Crippen LogP contribution in [0.3, 0.4) is 0 Å². The van der Waals surface area contributed by atoms with E-state index in [1.165, 1.54) is 30.3 Å². The maximum absolute atomic E-state index is 12.3. The highest BCUT2D eigenvalue weighted by Gasteiger charge is 2.37. The summed E-state index contributed by atoms with van der Waals surface area (Å²) in [4.78, 5) is 10.2. The number of halogens is 3. The van der Waals surface area contributed by atoms with Gasteiger partial charge in [0.1, 0.15) is 6.04 Å². The van der Waals surface area contributed by atoms with Gasteiger partial charge in [-0.2, -0.15) is 13.2 Å². The van der Waals surface area contributed by atoms with E-state index in [-0.39, 0.29) is 5.56 Å². The summed E-state index contributed by atoms with van der Waals surface area (Å²) in [6.45, 7) is 0. The van der Waals surface area contributed by atoms with Gasteiger partial charge < -0.3 is 10.8 Å². The normalized spacial score (nSPS) is 13.9. The molecule has 0 radical (unpaired) electrons. The first-order valence-corrected chi connectivity index (χ1v) is 4.64. The van der Waals surface area contributed by atoms with Gasteiger partial charge in [0.25, 0.3) is 0 Å². The monoisotopic (exact) mass is 245 g/mol. The SMILES string of the molecule is N[C@@H](c1ccc(/C=C/C(=O)O)cc1)C(F)(F)F. The molecular formula is C11H10F3NO2. The molecule has 0 saturated carbocycles. The van der Waals surface area contributed by atoms with E-state index in [1.807, 2.05) is 0 Å². The molecule has 0 saturated heterocycles. The van der Waals surface area contributed by atoms with Crippen LogP contribution in [-0.2, 0) is 4.79 Å². The van der Waals surface area contributed by atoms with Crippen molar-refractivity contribution in [3.05, 3.63) is 41.5 Å². The molecule has 6 heteroatoms. The standard InChI is InChI=1S/C11H10F3NO2/c12-11(13,14)10(15)8-4-1-7(2-5-8)3-6-9(16)17/h1-6,10H,15H2,(H,16,17)/b6-3+/t10-/m0/s1. The Balaban J connectivity index is 2.85. The van der Waals surface area contributed by atoms with Crippen molar-refractivity contribution >= 4 is 12.0 Å². The molecule has 0 spiro atoms. The predicted octanol–water partition coefficient (Wildman–Crippen LogP) is 2.35. The number of benzene rings is 1. The van der Waals surface area contributed by atoms with Gasteiger partial charge in [0.05, 0.1) is 0 Å². The summed E-state index contributed by atoms with van der Waals surface area (Å²) in [6.07, 6.45) is -2.30. The zero-order valence-corrected chi connectivity index (χ0v) is 8.61. The molecule has 0 aliphatic rings. The maximum Gasteiger partial charge on any atom is 0.407 e. The predicted molar refractivity (Wildman–Crippen MR) is 56.1 cm³/mol. The van der Waals surface area contributed by atoms with Crippen molar-refractivity contribution in [3.63, 3.8) is 0 Å². The minimum absolute atomic E-state index is 0.0648. The summed E-state index contributed by atoms with van der Waals surface area (Å²) in [5.74, 6) is -1.12. The first-order chi connectivity index (χ1) is 7.80. The average molecular weight is 245 g/mol. The van der Waals surface area contributed by atoms with Crippen LogP contribution in [0.15, 0.2) is 30.3 Å². The van der Waals surface area contributed by atoms with Crippen LogP contribution in [0, 0.1) is 0 Å². The number of aliphatic carboxylic acids is 1. The van der Waals surface area contributed by atoms with Gasteiger partial charge in [-0.05, 0) is 17.2 Å². The quantitative estimate of drug-likeness (QED) is 0.803. The van der Waals surface area contributed by atoms with E-state index in [4.69, 9.17) is 10.8 Å². The Morgan fingerprint density at radius 1 is 1.29 bits per heavy atom. The van der Waals surface area contributed by atoms with Gasteiger partial charge in [0.2, 0.25) is 0 Å². The Labute approximate surface area is 95.4 Å². The van der Waals surface area contributed by atoms with Crippen molar-refractivity contribution in [2.45, 2.75) is 12.2 Å². The molecule has 3 nitrogen and oxygen atoms in total. The van der Waals surface area contributed by atoms with Gasteiger partial charge in [-0.15, -0.1) is 0 Å². The van der Waals surface area contributed by atoms with E-state index in [9.17, 15) is 18.0 Å². The lowest BCUT2D eigenvalue weighted by Gasteiger charge is -2.15. The number of hydrogen-bond acceptors (Lipinski definition) is 2. The molecule has 0 heterocycles. The molecular weight excluding hydrogens is 235 g/mol. The second-order valence-electron chi connectivity index (χ2n) is 3.36. The Kier molecular flexibility index (Phi) is 3.90. The number of rotatable bonds is 3. The van der Waals surface area contributed by atoms with Crippen LogP contribution in [-0.4, -0.2) is 17.3 Å². The fourth-order valence-corrected chi connectivity index (χ4v) is 1.17. The van der Waals surface area contributed by atoms with Gasteiger partial charge in [-0.3, -0.25) is 0 Å². The summed E-state index contributed by atoms with van der Waals surface area (Å²) in [5.41, 5.74) is 5.43. The highest BCUT2D eigenvalue weighted by molar-refractivity contribution is 5.85. The summed E-state index contributed by atoms with van der Waals surface area (Å²) in [6, 6.07) is 3.17. The summed E-state index contributed by atoms with van der Waals surface area (Å²) in [7, 11) is 0. The molecule has 1 aromatic rings. The number of nitrogens with two attached hydrogens (primary N) is 1. The molecule has 1 aromatic carbocycles. The third-order valence-electron chi connectivity index (χ3n) is 2.07. The molecule has 0 aliphatic heterocycles. The smallest absolute Gasteiger partial charge is 0.407 e. The molecule has 0 unspecified atom stereocenters. The van der Waals surface area contributed by atoms with Gasteiger partial charge in [-0.25, -0.2) is 4.79 Å². The molecule has 0 amide bonds. The van der Waals surface area contributed by atoms with Gasteiger partial charge in [-0.1, -0.05) is 24.3 Å². The van der Waals surface area contributed by atoms with Crippen LogP contribution < -0.4 is 5.73 Å². The third kappa shape index (κ3) is 3.92. The lowest BCUT2D eigenvalue weighted by atomic mass is 10.1. The minimum Gasteiger partial charge on any atom is -0.478 e. The zero-order chi connectivity index (χ0) is 13.1. The second kappa shape index (κ2) is 5.01. The number of carboxylic acid groups (broad SMARTS) is 1. The minimum atomic E-state index is -4.49. The van der Waals surface area contributed by atoms with E-state index in [2.05, 4.69) is 0 Å². The van der Waals surface area contributed by atoms with Crippen molar-refractivity contribution in [2.24, 2.45) is 5.73 Å². The van der Waals surface area contributed by atoms with Gasteiger partial charge in [0, 0.05) is 6.08 Å². The van der Waals surface area contributed by atoms with Gasteiger partial charge in [0.15, 0.2) is 0 Å². The van der Waals surface area contributed by atoms with Crippen LogP contribution in [0.25, 0.3) is 6.08 Å². The first-order valence-electron chi connectivity index (χ1n) is 4.64. The fourth-order valence-electron chi connectivity index (χ4n) is 1.17. The van der Waals surface area contributed by atoms with Crippen molar-refractivity contribution in [3.8, 4) is 0 Å². The van der Waals surface area contributed by atoms with E-state index < -0.39 is 18.2 Å². The Morgan fingerprint density at radius 3 is 2.24 bits per heavy atom. The Bertz CT molecular complexity index is 423. The van der Waals surface area contributed by atoms with Crippen molar-refractivity contribution < 1.29 is 23.1 Å². The molecule has 0 bridgehead atoms. The lowest BCUT2D eigenvalue weighted by Crippen LogP contribution is -2.28. The highest BCUT2D eigenvalue weighted by atomic mass is 19.4. The average Bonchev–Trinajstić information content (AvgIpc) is 2.25. The van der Waals surface area contributed by atoms with Crippen LogP contribution >= 0.6 is 0 Å². The lowest BCUT2D eigenvalue weighted by molar-refractivity contribution is -0.149. The molecule has 1 atom stereocenters. The molecule has 0 fully saturated rings. The number of carboxylic acids is 1. The first kappa shape index (κ1) is 13.2. The largest absolute Gasteiger partial charge is 0.478 e. The summed E-state index contributed by atoms with van der Waals surface area (Å²) >= 11 is 0. The van der Waals surface area contributed by atoms with E-state index in [1.54, 1.807) is 0 Å². The fraction of sp³-hybridized carbons (Fsp3) is 0.182. The molecule has 17 heavy (non-hydrogen) atoms. The third-order valence-corrected chi connectivity index (χ3v) is 2.07. The van der Waals surface area contributed by atoms with Gasteiger partial charge >= 0.3 is 12.1 Å². The van der Waals surface area contributed by atoms with E-state index in [0.717, 1.165) is 6.08 Å². The molecule has 0 aliphatic carbocycles. The second-order valence-corrected chi connectivity index (χ2v) is 3.36. The topological polar surface area (TPSA) is 63.3 Å². The van der Waals surface area contributed by atoms with Crippen molar-refractivity contribution in [1.29, 1.82) is 0 Å². The summed E-state index contributed by atoms with van der Waals surface area (Å²) in [5, 5.41) is 8.37. The molecule has 0 aromatic heterocycles. The van der Waals surface area contributed by atoms with Crippen molar-refractivity contribution in [1.82, 2.24) is 0 Å². The molecule has 1 rings (SSSR count). The number of carbonyl (C=O) groups is 1. The van der Waals surface area contributed by atoms with Crippen LogP contribution in [0.2, 0.25) is 0 Å². The van der Waals surface area contributed by atoms with E-state index >= 15 is 0 Å². The van der Waals surface area contributed by atoms with Crippen LogP contribution in [0.5, 0.6) is 0 Å². The van der Waals surface area contributed by atoms with Crippen LogP contribution in [0.4, 0.5) is 13.2 Å². The summed E-state index contributed by atoms with van der Waals surface area (Å²) < 4.78 is 36.8. The number of hydrogen-bond donors (Lipinski definition) is 2. The number of alkyl halides is 3. The van der Waals surface area contributed by atoms with Crippen molar-refractivity contribution in [2.75, 3.05) is 0 Å². The molecule has 92 valence electrons. The maximum atomic E-state index is 12.3.